The van der Waals surface area contributed by atoms with E-state index in [1.54, 1.807) is 12.1 Å². The van der Waals surface area contributed by atoms with Gasteiger partial charge in [-0.3, -0.25) is 4.79 Å². The Labute approximate surface area is 126 Å². The largest absolute Gasteiger partial charge is 0.326 e. The number of hydrogen-bond acceptors (Lipinski definition) is 1. The van der Waals surface area contributed by atoms with Crippen molar-refractivity contribution in [3.8, 4) is 0 Å². The molecule has 0 heterocycles. The summed E-state index contributed by atoms with van der Waals surface area (Å²) in [6.45, 7) is 0. The molecule has 2 rings (SSSR count). The zero-order valence-corrected chi connectivity index (χ0v) is 12.0. The third-order valence-corrected chi connectivity index (χ3v) is 3.64. The highest BCUT2D eigenvalue weighted by atomic mass is 35.5. The number of anilines is 1. The van der Waals surface area contributed by atoms with Crippen molar-refractivity contribution in [1.29, 1.82) is 0 Å². The van der Waals surface area contributed by atoms with E-state index in [2.05, 4.69) is 5.32 Å². The van der Waals surface area contributed by atoms with E-state index >= 15 is 0 Å². The van der Waals surface area contributed by atoms with Crippen molar-refractivity contribution in [2.45, 2.75) is 12.8 Å². The molecule has 0 aliphatic heterocycles. The number of nitrogens with one attached hydrogen (secondary N) is 1. The minimum atomic E-state index is -0.339. The van der Waals surface area contributed by atoms with Crippen LogP contribution >= 0.6 is 23.2 Å². The van der Waals surface area contributed by atoms with Crippen LogP contribution in [0.25, 0.3) is 0 Å². The van der Waals surface area contributed by atoms with E-state index in [9.17, 15) is 9.18 Å². The molecule has 0 fully saturated rings. The van der Waals surface area contributed by atoms with E-state index in [-0.39, 0.29) is 18.1 Å². The molecule has 0 unspecified atom stereocenters. The van der Waals surface area contributed by atoms with Gasteiger partial charge in [0.25, 0.3) is 0 Å². The van der Waals surface area contributed by atoms with Gasteiger partial charge in [-0.05, 0) is 42.3 Å². The van der Waals surface area contributed by atoms with Crippen LogP contribution in [0.4, 0.5) is 10.1 Å². The van der Waals surface area contributed by atoms with Gasteiger partial charge in [-0.15, -0.1) is 0 Å². The van der Waals surface area contributed by atoms with Crippen molar-refractivity contribution in [3.63, 3.8) is 0 Å². The Kier molecular flexibility index (Phi) is 4.99. The quantitative estimate of drug-likeness (QED) is 0.871. The van der Waals surface area contributed by atoms with Crippen molar-refractivity contribution in [3.05, 3.63) is 63.9 Å². The third kappa shape index (κ3) is 3.95. The summed E-state index contributed by atoms with van der Waals surface area (Å²) in [4.78, 5) is 11.8. The molecule has 2 aromatic rings. The first-order valence-electron chi connectivity index (χ1n) is 6.04. The van der Waals surface area contributed by atoms with Gasteiger partial charge in [-0.1, -0.05) is 35.3 Å². The molecule has 0 bridgehead atoms. The van der Waals surface area contributed by atoms with Gasteiger partial charge < -0.3 is 5.32 Å². The van der Waals surface area contributed by atoms with E-state index in [4.69, 9.17) is 23.2 Å². The molecule has 20 heavy (non-hydrogen) atoms. The summed E-state index contributed by atoms with van der Waals surface area (Å²) in [6, 6.07) is 10.9. The molecule has 0 aromatic heterocycles. The number of aryl methyl sites for hydroxylation is 1. The summed E-state index contributed by atoms with van der Waals surface area (Å²) in [5.41, 5.74) is 1.39. The second-order valence-corrected chi connectivity index (χ2v) is 5.05. The molecule has 0 saturated heterocycles. The zero-order valence-electron chi connectivity index (χ0n) is 10.5. The highest BCUT2D eigenvalue weighted by Crippen LogP contribution is 2.26. The van der Waals surface area contributed by atoms with Gasteiger partial charge in [0.15, 0.2) is 0 Å². The molecule has 104 valence electrons. The Hall–Kier alpha value is -1.58. The standard InChI is InChI=1S/C15H12Cl2FNO/c16-13-3-1-2-10(15(13)17)4-9-14(20)19-12-7-5-11(18)6-8-12/h1-3,5-8H,4,9H2,(H,19,20). The van der Waals surface area contributed by atoms with Gasteiger partial charge >= 0.3 is 0 Å². The SMILES string of the molecule is O=C(CCc1cccc(Cl)c1Cl)Nc1ccc(F)cc1. The topological polar surface area (TPSA) is 29.1 Å². The normalized spacial score (nSPS) is 10.3. The Bertz CT molecular complexity index is 614. The molecule has 0 radical (unpaired) electrons. The fourth-order valence-corrected chi connectivity index (χ4v) is 2.16. The first kappa shape index (κ1) is 14.8. The van der Waals surface area contributed by atoms with Crippen LogP contribution in [0, 0.1) is 5.82 Å². The molecular formula is C15H12Cl2FNO. The maximum absolute atomic E-state index is 12.7. The van der Waals surface area contributed by atoms with E-state index in [0.717, 1.165) is 5.56 Å². The summed E-state index contributed by atoms with van der Waals surface area (Å²) in [6.07, 6.45) is 0.768. The Balaban J connectivity index is 1.92. The lowest BCUT2D eigenvalue weighted by molar-refractivity contribution is -0.116. The third-order valence-electron chi connectivity index (χ3n) is 2.78. The van der Waals surface area contributed by atoms with E-state index in [1.807, 2.05) is 6.07 Å². The average Bonchev–Trinajstić information content (AvgIpc) is 2.43. The fourth-order valence-electron chi connectivity index (χ4n) is 1.75. The van der Waals surface area contributed by atoms with Crippen LogP contribution in [-0.4, -0.2) is 5.91 Å². The minimum absolute atomic E-state index is 0.160. The van der Waals surface area contributed by atoms with E-state index in [1.165, 1.54) is 24.3 Å². The minimum Gasteiger partial charge on any atom is -0.326 e. The summed E-state index contributed by atoms with van der Waals surface area (Å²) < 4.78 is 12.7. The lowest BCUT2D eigenvalue weighted by Crippen LogP contribution is -2.12. The second kappa shape index (κ2) is 6.73. The molecule has 1 N–H and O–H groups in total. The van der Waals surface area contributed by atoms with Crippen LogP contribution in [0.5, 0.6) is 0 Å². The second-order valence-electron chi connectivity index (χ2n) is 4.27. The summed E-state index contributed by atoms with van der Waals surface area (Å²) >= 11 is 12.0. The maximum Gasteiger partial charge on any atom is 0.224 e. The zero-order chi connectivity index (χ0) is 14.5. The predicted octanol–water partition coefficient (Wildman–Crippen LogP) is 4.70. The average molecular weight is 312 g/mol. The Morgan fingerprint density at radius 1 is 1.10 bits per heavy atom. The van der Waals surface area contributed by atoms with Gasteiger partial charge in [0.2, 0.25) is 5.91 Å². The van der Waals surface area contributed by atoms with Crippen molar-refractivity contribution < 1.29 is 9.18 Å². The van der Waals surface area contributed by atoms with Crippen LogP contribution in [0.1, 0.15) is 12.0 Å². The lowest BCUT2D eigenvalue weighted by atomic mass is 10.1. The molecule has 5 heteroatoms. The highest BCUT2D eigenvalue weighted by molar-refractivity contribution is 6.42. The lowest BCUT2D eigenvalue weighted by Gasteiger charge is -2.07. The first-order chi connectivity index (χ1) is 9.56. The van der Waals surface area contributed by atoms with Crippen LogP contribution in [-0.2, 0) is 11.2 Å². The molecule has 0 saturated carbocycles. The number of carbonyl (C=O) groups is 1. The molecule has 2 aromatic carbocycles. The molecule has 0 spiro atoms. The highest BCUT2D eigenvalue weighted by Gasteiger charge is 2.07. The Morgan fingerprint density at radius 3 is 2.50 bits per heavy atom. The Morgan fingerprint density at radius 2 is 1.80 bits per heavy atom. The van der Waals surface area contributed by atoms with Crippen LogP contribution in [0.2, 0.25) is 10.0 Å². The fraction of sp³-hybridized carbons (Fsp3) is 0.133. The van der Waals surface area contributed by atoms with Crippen LogP contribution in [0.15, 0.2) is 42.5 Å². The van der Waals surface area contributed by atoms with Crippen molar-refractivity contribution in [2.24, 2.45) is 0 Å². The van der Waals surface area contributed by atoms with Crippen LogP contribution < -0.4 is 5.32 Å². The molecule has 2 nitrogen and oxygen atoms in total. The van der Waals surface area contributed by atoms with Gasteiger partial charge in [0.1, 0.15) is 5.82 Å². The van der Waals surface area contributed by atoms with Gasteiger partial charge in [-0.2, -0.15) is 0 Å². The molecule has 0 atom stereocenters. The summed E-state index contributed by atoms with van der Waals surface area (Å²) in [5.74, 6) is -0.499. The molecule has 1 amide bonds. The molecular weight excluding hydrogens is 300 g/mol. The summed E-state index contributed by atoms with van der Waals surface area (Å²) in [7, 11) is 0. The maximum atomic E-state index is 12.7. The number of hydrogen-bond donors (Lipinski definition) is 1. The number of benzene rings is 2. The molecule has 0 aliphatic rings. The predicted molar refractivity (Wildman–Crippen MR) is 79.8 cm³/mol. The van der Waals surface area contributed by atoms with Gasteiger partial charge in [0.05, 0.1) is 10.0 Å². The number of halogens is 3. The van der Waals surface area contributed by atoms with Crippen LogP contribution in [0.3, 0.4) is 0 Å². The first-order valence-corrected chi connectivity index (χ1v) is 6.80. The van der Waals surface area contributed by atoms with Crippen molar-refractivity contribution in [2.75, 3.05) is 5.32 Å². The smallest absolute Gasteiger partial charge is 0.224 e. The van der Waals surface area contributed by atoms with Gasteiger partial charge in [0, 0.05) is 12.1 Å². The van der Waals surface area contributed by atoms with Crippen molar-refractivity contribution in [1.82, 2.24) is 0 Å². The molecule has 0 aliphatic carbocycles. The number of amides is 1. The monoisotopic (exact) mass is 311 g/mol. The van der Waals surface area contributed by atoms with Crippen molar-refractivity contribution >= 4 is 34.8 Å². The van der Waals surface area contributed by atoms with Gasteiger partial charge in [-0.25, -0.2) is 4.39 Å². The number of carbonyl (C=O) groups excluding carboxylic acids is 1. The number of rotatable bonds is 4. The van der Waals surface area contributed by atoms with E-state index in [0.29, 0.717) is 22.2 Å². The summed E-state index contributed by atoms with van der Waals surface area (Å²) in [5, 5.41) is 3.64. The van der Waals surface area contributed by atoms with E-state index < -0.39 is 0 Å².